The molecule has 3 nitrogen and oxygen atoms in total. The van der Waals surface area contributed by atoms with E-state index in [2.05, 4.69) is 6.07 Å². The molecule has 3 heteroatoms. The molecule has 0 bridgehead atoms. The first kappa shape index (κ1) is 9.72. The molecule has 15 heavy (non-hydrogen) atoms. The normalized spacial score (nSPS) is 20.5. The number of esters is 1. The quantitative estimate of drug-likeness (QED) is 0.653. The average molecular weight is 201 g/mol. The second kappa shape index (κ2) is 4.14. The molecule has 0 aromatic heterocycles. The predicted octanol–water partition coefficient (Wildman–Crippen LogP) is 1.98. The zero-order valence-corrected chi connectivity index (χ0v) is 8.27. The van der Waals surface area contributed by atoms with E-state index >= 15 is 0 Å². The summed E-state index contributed by atoms with van der Waals surface area (Å²) in [6.07, 6.45) is 1.32. The molecule has 0 amide bonds. The van der Waals surface area contributed by atoms with Crippen molar-refractivity contribution in [2.24, 2.45) is 0 Å². The third-order valence-electron chi connectivity index (χ3n) is 2.65. The van der Waals surface area contributed by atoms with E-state index < -0.39 is 0 Å². The summed E-state index contributed by atoms with van der Waals surface area (Å²) in [4.78, 5) is 11.1. The van der Waals surface area contributed by atoms with Gasteiger partial charge in [-0.3, -0.25) is 4.79 Å². The molecule has 0 saturated carbocycles. The molecular formula is C12H11NO2. The van der Waals surface area contributed by atoms with Crippen LogP contribution in [0.25, 0.3) is 0 Å². The minimum Gasteiger partial charge on any atom is -0.466 e. The van der Waals surface area contributed by atoms with Crippen molar-refractivity contribution in [2.75, 3.05) is 6.61 Å². The maximum atomic E-state index is 11.1. The lowest BCUT2D eigenvalue weighted by molar-refractivity contribution is -0.147. The van der Waals surface area contributed by atoms with Gasteiger partial charge in [0.2, 0.25) is 0 Å². The number of nitriles is 1. The molecule has 1 heterocycles. The Morgan fingerprint density at radius 2 is 2.07 bits per heavy atom. The van der Waals surface area contributed by atoms with Gasteiger partial charge >= 0.3 is 5.97 Å². The number of ether oxygens (including phenoxy) is 1. The fourth-order valence-electron chi connectivity index (χ4n) is 1.79. The SMILES string of the molecule is N#Cc1ccc([C@@H]2CCOC(=O)C2)cc1. The van der Waals surface area contributed by atoms with E-state index in [4.69, 9.17) is 10.00 Å². The van der Waals surface area contributed by atoms with Crippen LogP contribution < -0.4 is 0 Å². The number of nitrogens with zero attached hydrogens (tertiary/aromatic N) is 1. The van der Waals surface area contributed by atoms with Crippen LogP contribution in [0.1, 0.15) is 29.9 Å². The first-order chi connectivity index (χ1) is 7.29. The van der Waals surface area contributed by atoms with Gasteiger partial charge in [-0.2, -0.15) is 5.26 Å². The molecule has 1 aromatic carbocycles. The smallest absolute Gasteiger partial charge is 0.306 e. The van der Waals surface area contributed by atoms with Crippen molar-refractivity contribution >= 4 is 5.97 Å². The molecule has 0 spiro atoms. The van der Waals surface area contributed by atoms with Gasteiger partial charge in [-0.1, -0.05) is 12.1 Å². The van der Waals surface area contributed by atoms with E-state index in [1.54, 1.807) is 12.1 Å². The van der Waals surface area contributed by atoms with Crippen molar-refractivity contribution in [2.45, 2.75) is 18.8 Å². The molecule has 0 aliphatic carbocycles. The Kier molecular flexibility index (Phi) is 2.68. The Labute approximate surface area is 88.3 Å². The maximum absolute atomic E-state index is 11.1. The van der Waals surface area contributed by atoms with E-state index in [1.165, 1.54) is 0 Å². The van der Waals surface area contributed by atoms with E-state index in [-0.39, 0.29) is 11.9 Å². The van der Waals surface area contributed by atoms with Crippen LogP contribution in [0.3, 0.4) is 0 Å². The van der Waals surface area contributed by atoms with Gasteiger partial charge in [0.05, 0.1) is 24.7 Å². The standard InChI is InChI=1S/C12H11NO2/c13-8-9-1-3-10(4-2-9)11-5-6-15-12(14)7-11/h1-4,11H,5-7H2/t11-/m1/s1. The van der Waals surface area contributed by atoms with Crippen LogP contribution in [0.2, 0.25) is 0 Å². The maximum Gasteiger partial charge on any atom is 0.306 e. The Morgan fingerprint density at radius 1 is 1.33 bits per heavy atom. The van der Waals surface area contributed by atoms with E-state index in [1.807, 2.05) is 12.1 Å². The van der Waals surface area contributed by atoms with Gasteiger partial charge in [-0.05, 0) is 30.0 Å². The van der Waals surface area contributed by atoms with Gasteiger partial charge in [-0.15, -0.1) is 0 Å². The summed E-state index contributed by atoms with van der Waals surface area (Å²) in [6.45, 7) is 0.503. The molecule has 0 N–H and O–H groups in total. The first-order valence-corrected chi connectivity index (χ1v) is 4.95. The van der Waals surface area contributed by atoms with Gasteiger partial charge in [0.25, 0.3) is 0 Å². The van der Waals surface area contributed by atoms with Gasteiger partial charge < -0.3 is 4.74 Å². The van der Waals surface area contributed by atoms with Gasteiger partial charge in [0.15, 0.2) is 0 Å². The van der Waals surface area contributed by atoms with Crippen molar-refractivity contribution < 1.29 is 9.53 Å². The minimum absolute atomic E-state index is 0.129. The van der Waals surface area contributed by atoms with Gasteiger partial charge in [0, 0.05) is 0 Å². The largest absolute Gasteiger partial charge is 0.466 e. The summed E-state index contributed by atoms with van der Waals surface area (Å²) in [5.41, 5.74) is 1.77. The second-order valence-electron chi connectivity index (χ2n) is 3.64. The number of benzene rings is 1. The van der Waals surface area contributed by atoms with Crippen LogP contribution in [0.15, 0.2) is 24.3 Å². The summed E-state index contributed by atoms with van der Waals surface area (Å²) in [5, 5.41) is 8.66. The van der Waals surface area contributed by atoms with E-state index in [9.17, 15) is 4.79 Å². The van der Waals surface area contributed by atoms with Crippen molar-refractivity contribution in [1.82, 2.24) is 0 Å². The van der Waals surface area contributed by atoms with Crippen molar-refractivity contribution in [3.8, 4) is 6.07 Å². The number of cyclic esters (lactones) is 1. The Hall–Kier alpha value is -1.82. The van der Waals surface area contributed by atoms with Crippen LogP contribution >= 0.6 is 0 Å². The molecule has 1 atom stereocenters. The monoisotopic (exact) mass is 201 g/mol. The van der Waals surface area contributed by atoms with Gasteiger partial charge in [0.1, 0.15) is 0 Å². The highest BCUT2D eigenvalue weighted by Crippen LogP contribution is 2.27. The van der Waals surface area contributed by atoms with E-state index in [0.717, 1.165) is 12.0 Å². The summed E-state index contributed by atoms with van der Waals surface area (Å²) < 4.78 is 4.88. The molecule has 0 unspecified atom stereocenters. The van der Waals surface area contributed by atoms with Crippen LogP contribution in [-0.4, -0.2) is 12.6 Å². The Morgan fingerprint density at radius 3 is 2.67 bits per heavy atom. The van der Waals surface area contributed by atoms with Crippen LogP contribution in [0.4, 0.5) is 0 Å². The Bertz CT molecular complexity index is 403. The van der Waals surface area contributed by atoms with Crippen molar-refractivity contribution in [1.29, 1.82) is 5.26 Å². The summed E-state index contributed by atoms with van der Waals surface area (Å²) in [7, 11) is 0. The molecule has 1 aromatic rings. The number of rotatable bonds is 1. The van der Waals surface area contributed by atoms with Crippen LogP contribution in [-0.2, 0) is 9.53 Å². The zero-order valence-electron chi connectivity index (χ0n) is 8.27. The van der Waals surface area contributed by atoms with E-state index in [0.29, 0.717) is 18.6 Å². The molecule has 1 aliphatic rings. The predicted molar refractivity (Wildman–Crippen MR) is 54.1 cm³/mol. The molecule has 76 valence electrons. The number of hydrogen-bond donors (Lipinski definition) is 0. The van der Waals surface area contributed by atoms with Crippen LogP contribution in [0.5, 0.6) is 0 Å². The summed E-state index contributed by atoms with van der Waals surface area (Å²) >= 11 is 0. The summed E-state index contributed by atoms with van der Waals surface area (Å²) in [5.74, 6) is 0.120. The first-order valence-electron chi connectivity index (χ1n) is 4.95. The highest BCUT2D eigenvalue weighted by molar-refractivity contribution is 5.71. The second-order valence-corrected chi connectivity index (χ2v) is 3.64. The molecule has 1 saturated heterocycles. The topological polar surface area (TPSA) is 50.1 Å². The zero-order chi connectivity index (χ0) is 10.7. The van der Waals surface area contributed by atoms with Crippen molar-refractivity contribution in [3.63, 3.8) is 0 Å². The number of hydrogen-bond acceptors (Lipinski definition) is 3. The molecule has 1 aliphatic heterocycles. The molecular weight excluding hydrogens is 190 g/mol. The number of carbonyl (C=O) groups is 1. The lowest BCUT2D eigenvalue weighted by atomic mass is 9.91. The Balaban J connectivity index is 2.15. The fourth-order valence-corrected chi connectivity index (χ4v) is 1.79. The lowest BCUT2D eigenvalue weighted by Crippen LogP contribution is -2.19. The molecule has 0 radical (unpaired) electrons. The minimum atomic E-state index is -0.129. The average Bonchev–Trinajstić information content (AvgIpc) is 2.29. The number of carbonyl (C=O) groups excluding carboxylic acids is 1. The molecule has 1 fully saturated rings. The van der Waals surface area contributed by atoms with Gasteiger partial charge in [-0.25, -0.2) is 0 Å². The van der Waals surface area contributed by atoms with Crippen LogP contribution in [0, 0.1) is 11.3 Å². The third kappa shape index (κ3) is 2.16. The third-order valence-corrected chi connectivity index (χ3v) is 2.65. The highest BCUT2D eigenvalue weighted by Gasteiger charge is 2.21. The molecule has 2 rings (SSSR count). The van der Waals surface area contributed by atoms with Crippen molar-refractivity contribution in [3.05, 3.63) is 35.4 Å². The lowest BCUT2D eigenvalue weighted by Gasteiger charge is -2.21. The highest BCUT2D eigenvalue weighted by atomic mass is 16.5. The summed E-state index contributed by atoms with van der Waals surface area (Å²) in [6, 6.07) is 9.49. The fraction of sp³-hybridized carbons (Fsp3) is 0.333.